The highest BCUT2D eigenvalue weighted by atomic mass is 31.2. The van der Waals surface area contributed by atoms with Gasteiger partial charge in [0.25, 0.3) is 0 Å². The summed E-state index contributed by atoms with van der Waals surface area (Å²) in [7, 11) is -4.34. The van der Waals surface area contributed by atoms with Gasteiger partial charge in [-0.2, -0.15) is 8.78 Å². The molecule has 0 unspecified atom stereocenters. The lowest BCUT2D eigenvalue weighted by Crippen LogP contribution is -2.19. The molecule has 0 bridgehead atoms. The van der Waals surface area contributed by atoms with E-state index in [1.807, 2.05) is 0 Å². The summed E-state index contributed by atoms with van der Waals surface area (Å²) in [6.07, 6.45) is -1.06. The normalized spacial score (nSPS) is 12.1. The number of rotatable bonds is 10. The van der Waals surface area contributed by atoms with E-state index in [4.69, 9.17) is 0 Å². The molecule has 98 valence electrons. The molecular weight excluding hydrogens is 253 g/mol. The molecule has 0 amide bonds. The first kappa shape index (κ1) is 16.2. The number of halogens is 2. The van der Waals surface area contributed by atoms with Crippen molar-refractivity contribution < 1.29 is 26.9 Å². The fourth-order valence-electron chi connectivity index (χ4n) is 0.747. The lowest BCUT2D eigenvalue weighted by molar-refractivity contribution is -0.186. The van der Waals surface area contributed by atoms with Crippen LogP contribution in [0.2, 0.25) is 0 Å². The first-order valence-electron chi connectivity index (χ1n) is 4.69. The molecule has 0 saturated heterocycles. The van der Waals surface area contributed by atoms with Crippen molar-refractivity contribution in [3.63, 3.8) is 0 Å². The van der Waals surface area contributed by atoms with Crippen LogP contribution in [0.1, 0.15) is 6.42 Å². The van der Waals surface area contributed by atoms with Gasteiger partial charge in [0.1, 0.15) is 0 Å². The number of phosphoric acid groups is 1. The second kappa shape index (κ2) is 7.50. The molecule has 0 aromatic carbocycles. The van der Waals surface area contributed by atoms with E-state index in [0.717, 1.165) is 6.08 Å². The molecule has 0 heterocycles. The van der Waals surface area contributed by atoms with E-state index in [1.54, 1.807) is 0 Å². The van der Waals surface area contributed by atoms with E-state index in [9.17, 15) is 13.3 Å². The van der Waals surface area contributed by atoms with Gasteiger partial charge in [0.15, 0.2) is 0 Å². The molecular formula is C10H15F2O4P. The lowest BCUT2D eigenvalue weighted by atomic mass is 10.4. The van der Waals surface area contributed by atoms with Crippen LogP contribution in [0.5, 0.6) is 0 Å². The van der Waals surface area contributed by atoms with Gasteiger partial charge in [0, 0.05) is 0 Å². The van der Waals surface area contributed by atoms with Crippen LogP contribution in [0.3, 0.4) is 0 Å². The van der Waals surface area contributed by atoms with Crippen LogP contribution in [0.25, 0.3) is 0 Å². The van der Waals surface area contributed by atoms with Crippen LogP contribution in [0.15, 0.2) is 38.0 Å². The van der Waals surface area contributed by atoms with Crippen molar-refractivity contribution in [2.45, 2.75) is 12.5 Å². The maximum atomic E-state index is 13.1. The zero-order valence-corrected chi connectivity index (χ0v) is 10.2. The van der Waals surface area contributed by atoms with Crippen molar-refractivity contribution in [3.8, 4) is 0 Å². The van der Waals surface area contributed by atoms with Crippen molar-refractivity contribution >= 4 is 7.82 Å². The topological polar surface area (TPSA) is 44.8 Å². The largest absolute Gasteiger partial charge is 0.480 e. The van der Waals surface area contributed by atoms with Gasteiger partial charge >= 0.3 is 13.9 Å². The minimum absolute atomic E-state index is 0.238. The van der Waals surface area contributed by atoms with Crippen LogP contribution in [-0.4, -0.2) is 19.3 Å². The van der Waals surface area contributed by atoms with Gasteiger partial charge in [-0.25, -0.2) is 9.09 Å². The summed E-state index contributed by atoms with van der Waals surface area (Å²) < 4.78 is 51.2. The molecule has 0 radical (unpaired) electrons. The van der Waals surface area contributed by atoms with Crippen molar-refractivity contribution in [1.82, 2.24) is 0 Å². The Kier molecular flexibility index (Phi) is 7.15. The SMILES string of the molecule is C=CCOP(=O)(OCC=C)OC(F)(F)CC=C. The average molecular weight is 268 g/mol. The van der Waals surface area contributed by atoms with Crippen molar-refractivity contribution in [2.75, 3.05) is 13.2 Å². The number of phosphoric ester groups is 1. The molecule has 0 aromatic rings. The molecule has 0 aliphatic rings. The van der Waals surface area contributed by atoms with Gasteiger partial charge in [0.2, 0.25) is 0 Å². The molecule has 0 atom stereocenters. The minimum atomic E-state index is -4.34. The first-order chi connectivity index (χ1) is 7.89. The highest BCUT2D eigenvalue weighted by molar-refractivity contribution is 7.48. The summed E-state index contributed by atoms with van der Waals surface area (Å²) in [5.41, 5.74) is 0. The Morgan fingerprint density at radius 1 is 1.06 bits per heavy atom. The smallest absolute Gasteiger partial charge is 0.283 e. The van der Waals surface area contributed by atoms with E-state index in [1.165, 1.54) is 12.2 Å². The maximum absolute atomic E-state index is 13.1. The molecule has 17 heavy (non-hydrogen) atoms. The van der Waals surface area contributed by atoms with Crippen LogP contribution < -0.4 is 0 Å². The monoisotopic (exact) mass is 268 g/mol. The van der Waals surface area contributed by atoms with Gasteiger partial charge in [-0.3, -0.25) is 9.05 Å². The molecule has 0 fully saturated rings. The Labute approximate surface area is 99.2 Å². The summed E-state index contributed by atoms with van der Waals surface area (Å²) >= 11 is 0. The highest BCUT2D eigenvalue weighted by Gasteiger charge is 2.41. The van der Waals surface area contributed by atoms with Crippen LogP contribution in [0, 0.1) is 0 Å². The third kappa shape index (κ3) is 7.18. The predicted molar refractivity (Wildman–Crippen MR) is 60.8 cm³/mol. The average Bonchev–Trinajstić information content (AvgIpc) is 2.23. The minimum Gasteiger partial charge on any atom is -0.283 e. The van der Waals surface area contributed by atoms with Crippen LogP contribution in [0.4, 0.5) is 8.78 Å². The standard InChI is InChI=1S/C10H15F2O4P/c1-4-7-10(11,12)16-17(13,14-8-5-2)15-9-6-3/h4-6H,1-3,7-9H2. The van der Waals surface area contributed by atoms with Crippen molar-refractivity contribution in [2.24, 2.45) is 0 Å². The summed E-state index contributed by atoms with van der Waals surface area (Å²) in [5, 5.41) is 0. The quantitative estimate of drug-likeness (QED) is 0.448. The van der Waals surface area contributed by atoms with Gasteiger partial charge in [-0.15, -0.1) is 19.7 Å². The molecule has 0 aliphatic carbocycles. The fourth-order valence-corrected chi connectivity index (χ4v) is 1.90. The molecule has 0 saturated carbocycles. The fraction of sp³-hybridized carbons (Fsp3) is 0.400. The summed E-state index contributed by atoms with van der Waals surface area (Å²) in [6, 6.07) is 0. The Balaban J connectivity index is 4.66. The van der Waals surface area contributed by atoms with E-state index < -0.39 is 20.4 Å². The predicted octanol–water partition coefficient (Wildman–Crippen LogP) is 3.69. The van der Waals surface area contributed by atoms with Crippen molar-refractivity contribution in [1.29, 1.82) is 0 Å². The zero-order valence-electron chi connectivity index (χ0n) is 9.31. The molecule has 4 nitrogen and oxygen atoms in total. The summed E-state index contributed by atoms with van der Waals surface area (Å²) in [5.74, 6) is 0. The van der Waals surface area contributed by atoms with Gasteiger partial charge in [-0.1, -0.05) is 18.2 Å². The second-order valence-electron chi connectivity index (χ2n) is 2.84. The van der Waals surface area contributed by atoms with E-state index in [0.29, 0.717) is 0 Å². The Hall–Kier alpha value is -0.810. The number of hydrogen-bond donors (Lipinski definition) is 0. The Morgan fingerprint density at radius 3 is 1.88 bits per heavy atom. The second-order valence-corrected chi connectivity index (χ2v) is 4.43. The van der Waals surface area contributed by atoms with Gasteiger partial charge < -0.3 is 0 Å². The molecule has 0 N–H and O–H groups in total. The molecule has 0 aromatic heterocycles. The number of hydrogen-bond acceptors (Lipinski definition) is 4. The summed E-state index contributed by atoms with van der Waals surface area (Å²) in [6.45, 7) is 9.25. The lowest BCUT2D eigenvalue weighted by Gasteiger charge is -2.21. The van der Waals surface area contributed by atoms with Gasteiger partial charge in [0.05, 0.1) is 19.6 Å². The Morgan fingerprint density at radius 2 is 1.53 bits per heavy atom. The molecule has 0 rings (SSSR count). The molecule has 7 heteroatoms. The van der Waals surface area contributed by atoms with Gasteiger partial charge in [-0.05, 0) is 0 Å². The first-order valence-corrected chi connectivity index (χ1v) is 6.15. The molecule has 0 aliphatic heterocycles. The third-order valence-corrected chi connectivity index (χ3v) is 2.75. The maximum Gasteiger partial charge on any atom is 0.480 e. The van der Waals surface area contributed by atoms with E-state index in [-0.39, 0.29) is 13.2 Å². The third-order valence-electron chi connectivity index (χ3n) is 1.33. The van der Waals surface area contributed by atoms with Crippen LogP contribution in [-0.2, 0) is 18.1 Å². The van der Waals surface area contributed by atoms with Crippen molar-refractivity contribution in [3.05, 3.63) is 38.0 Å². The highest BCUT2D eigenvalue weighted by Crippen LogP contribution is 2.54. The van der Waals surface area contributed by atoms with E-state index >= 15 is 0 Å². The zero-order chi connectivity index (χ0) is 13.4. The number of alkyl halides is 2. The molecule has 0 spiro atoms. The van der Waals surface area contributed by atoms with Crippen LogP contribution >= 0.6 is 7.82 Å². The Bertz CT molecular complexity index is 301. The summed E-state index contributed by atoms with van der Waals surface area (Å²) in [4.78, 5) is 0. The van der Waals surface area contributed by atoms with E-state index in [2.05, 4.69) is 33.3 Å².